The molecule has 20 heavy (non-hydrogen) atoms. The number of nitrogens with one attached hydrogen (secondary N) is 1. The minimum atomic E-state index is 0.150. The van der Waals surface area contributed by atoms with Crippen LogP contribution in [0.4, 0.5) is 17.1 Å². The molecule has 1 amide bonds. The van der Waals surface area contributed by atoms with Gasteiger partial charge in [0, 0.05) is 19.3 Å². The molecule has 1 heterocycles. The van der Waals surface area contributed by atoms with Gasteiger partial charge in [0.25, 0.3) is 0 Å². The molecule has 2 aromatic carbocycles. The number of hydrogen-bond donors (Lipinski definition) is 2. The average molecular weight is 267 g/mol. The number of amides is 1. The van der Waals surface area contributed by atoms with E-state index in [9.17, 15) is 4.79 Å². The van der Waals surface area contributed by atoms with Gasteiger partial charge in [-0.1, -0.05) is 24.3 Å². The molecule has 0 aromatic heterocycles. The van der Waals surface area contributed by atoms with Crippen LogP contribution in [0, 0.1) is 0 Å². The number of para-hydroxylation sites is 2. The molecule has 4 heteroatoms. The summed E-state index contributed by atoms with van der Waals surface area (Å²) in [6, 6.07) is 13.8. The first-order valence-electron chi connectivity index (χ1n) is 6.62. The molecular formula is C16H17N3O. The van der Waals surface area contributed by atoms with Crippen LogP contribution in [0.25, 0.3) is 0 Å². The minimum Gasteiger partial charge on any atom is -0.397 e. The van der Waals surface area contributed by atoms with Crippen LogP contribution in [-0.2, 0) is 17.8 Å². The largest absolute Gasteiger partial charge is 0.397 e. The molecule has 0 aliphatic carbocycles. The van der Waals surface area contributed by atoms with Crippen molar-refractivity contribution < 1.29 is 4.79 Å². The zero-order chi connectivity index (χ0) is 14.1. The van der Waals surface area contributed by atoms with Gasteiger partial charge < -0.3 is 16.0 Å². The van der Waals surface area contributed by atoms with E-state index in [1.807, 2.05) is 43.4 Å². The second kappa shape index (κ2) is 4.89. The highest BCUT2D eigenvalue weighted by atomic mass is 16.2. The summed E-state index contributed by atoms with van der Waals surface area (Å²) in [5, 5.41) is 3.32. The van der Waals surface area contributed by atoms with Crippen molar-refractivity contribution in [3.8, 4) is 0 Å². The molecule has 1 aliphatic rings. The molecule has 3 N–H and O–H groups in total. The second-order valence-corrected chi connectivity index (χ2v) is 5.03. The lowest BCUT2D eigenvalue weighted by atomic mass is 10.1. The third kappa shape index (κ3) is 2.20. The summed E-state index contributed by atoms with van der Waals surface area (Å²) in [6.07, 6.45) is 0.493. The number of fused-ring (bicyclic) bond motifs is 1. The quantitative estimate of drug-likeness (QED) is 0.840. The van der Waals surface area contributed by atoms with E-state index in [0.717, 1.165) is 28.2 Å². The van der Waals surface area contributed by atoms with E-state index in [0.29, 0.717) is 13.0 Å². The number of anilines is 3. The van der Waals surface area contributed by atoms with Crippen LogP contribution >= 0.6 is 0 Å². The Morgan fingerprint density at radius 2 is 2.05 bits per heavy atom. The van der Waals surface area contributed by atoms with Gasteiger partial charge >= 0.3 is 0 Å². The topological polar surface area (TPSA) is 58.4 Å². The van der Waals surface area contributed by atoms with Gasteiger partial charge in [0.1, 0.15) is 0 Å². The summed E-state index contributed by atoms with van der Waals surface area (Å²) < 4.78 is 0. The number of rotatable bonds is 3. The summed E-state index contributed by atoms with van der Waals surface area (Å²) in [4.78, 5) is 13.4. The van der Waals surface area contributed by atoms with Crippen molar-refractivity contribution in [2.24, 2.45) is 0 Å². The molecular weight excluding hydrogens is 250 g/mol. The molecule has 2 aromatic rings. The molecule has 1 aliphatic heterocycles. The normalized spacial score (nSPS) is 13.4. The molecule has 102 valence electrons. The Morgan fingerprint density at radius 3 is 2.85 bits per heavy atom. The van der Waals surface area contributed by atoms with Gasteiger partial charge in [-0.25, -0.2) is 0 Å². The van der Waals surface area contributed by atoms with E-state index in [2.05, 4.69) is 11.4 Å². The van der Waals surface area contributed by atoms with E-state index in [-0.39, 0.29) is 5.91 Å². The summed E-state index contributed by atoms with van der Waals surface area (Å²) in [6.45, 7) is 0.694. The van der Waals surface area contributed by atoms with E-state index < -0.39 is 0 Å². The van der Waals surface area contributed by atoms with Gasteiger partial charge in [0.15, 0.2) is 0 Å². The van der Waals surface area contributed by atoms with E-state index in [1.165, 1.54) is 0 Å². The average Bonchev–Trinajstić information content (AvgIpc) is 2.73. The predicted octanol–water partition coefficient (Wildman–Crippen LogP) is 2.40. The minimum absolute atomic E-state index is 0.150. The molecule has 0 spiro atoms. The number of nitrogens with zero attached hydrogens (tertiary/aromatic N) is 1. The smallest absolute Gasteiger partial charge is 0.231 e. The van der Waals surface area contributed by atoms with Crippen molar-refractivity contribution in [3.05, 3.63) is 53.6 Å². The van der Waals surface area contributed by atoms with Crippen LogP contribution in [-0.4, -0.2) is 13.0 Å². The molecule has 3 rings (SSSR count). The first-order valence-corrected chi connectivity index (χ1v) is 6.62. The molecule has 0 unspecified atom stereocenters. The van der Waals surface area contributed by atoms with Crippen molar-refractivity contribution in [1.29, 1.82) is 0 Å². The highest BCUT2D eigenvalue weighted by Crippen LogP contribution is 2.28. The maximum atomic E-state index is 11.7. The van der Waals surface area contributed by atoms with Crippen molar-refractivity contribution in [2.75, 3.05) is 23.0 Å². The van der Waals surface area contributed by atoms with E-state index in [1.54, 1.807) is 4.90 Å². The Labute approximate surface area is 118 Å². The lowest BCUT2D eigenvalue weighted by Gasteiger charge is -2.12. The fraction of sp³-hybridized carbons (Fsp3) is 0.188. The van der Waals surface area contributed by atoms with Gasteiger partial charge in [-0.3, -0.25) is 4.79 Å². The Balaban J connectivity index is 1.76. The Hall–Kier alpha value is -2.49. The van der Waals surface area contributed by atoms with Crippen LogP contribution in [0.1, 0.15) is 11.1 Å². The monoisotopic (exact) mass is 267 g/mol. The molecule has 0 fully saturated rings. The predicted molar refractivity (Wildman–Crippen MR) is 81.7 cm³/mol. The second-order valence-electron chi connectivity index (χ2n) is 5.03. The van der Waals surface area contributed by atoms with Crippen LogP contribution in [0.2, 0.25) is 0 Å². The fourth-order valence-corrected chi connectivity index (χ4v) is 2.49. The molecule has 0 radical (unpaired) electrons. The van der Waals surface area contributed by atoms with Gasteiger partial charge in [0.2, 0.25) is 5.91 Å². The first kappa shape index (κ1) is 12.5. The van der Waals surface area contributed by atoms with Crippen molar-refractivity contribution in [3.63, 3.8) is 0 Å². The first-order chi connectivity index (χ1) is 9.65. The van der Waals surface area contributed by atoms with Gasteiger partial charge in [-0.2, -0.15) is 0 Å². The number of likely N-dealkylation sites (N-methyl/N-ethyl adjacent to an activating group) is 1. The standard InChI is InChI=1S/C16H17N3O/c1-19-15-7-6-11(8-12(15)9-16(19)20)10-18-14-5-3-2-4-13(14)17/h2-8,18H,9-10,17H2,1H3. The fourth-order valence-electron chi connectivity index (χ4n) is 2.49. The number of nitrogens with two attached hydrogens (primary N) is 1. The lowest BCUT2D eigenvalue weighted by Crippen LogP contribution is -2.20. The number of carbonyl (C=O) groups is 1. The molecule has 0 bridgehead atoms. The number of carbonyl (C=O) groups excluding carboxylic acids is 1. The van der Waals surface area contributed by atoms with Crippen molar-refractivity contribution >= 4 is 23.0 Å². The van der Waals surface area contributed by atoms with E-state index in [4.69, 9.17) is 5.73 Å². The van der Waals surface area contributed by atoms with Crippen LogP contribution in [0.5, 0.6) is 0 Å². The summed E-state index contributed by atoms with van der Waals surface area (Å²) in [5.41, 5.74) is 10.8. The maximum Gasteiger partial charge on any atom is 0.231 e. The van der Waals surface area contributed by atoms with Gasteiger partial charge in [-0.05, 0) is 29.3 Å². The summed E-state index contributed by atoms with van der Waals surface area (Å²) >= 11 is 0. The third-order valence-electron chi connectivity index (χ3n) is 3.66. The Morgan fingerprint density at radius 1 is 1.25 bits per heavy atom. The van der Waals surface area contributed by atoms with Crippen LogP contribution in [0.3, 0.4) is 0 Å². The zero-order valence-corrected chi connectivity index (χ0v) is 11.4. The highest BCUT2D eigenvalue weighted by Gasteiger charge is 2.23. The Bertz CT molecular complexity index is 667. The van der Waals surface area contributed by atoms with Crippen LogP contribution in [0.15, 0.2) is 42.5 Å². The van der Waals surface area contributed by atoms with Crippen molar-refractivity contribution in [1.82, 2.24) is 0 Å². The summed E-state index contributed by atoms with van der Waals surface area (Å²) in [5.74, 6) is 0.150. The number of nitrogen functional groups attached to an aromatic ring is 1. The molecule has 4 nitrogen and oxygen atoms in total. The zero-order valence-electron chi connectivity index (χ0n) is 11.4. The highest BCUT2D eigenvalue weighted by molar-refractivity contribution is 6.00. The van der Waals surface area contributed by atoms with Crippen molar-refractivity contribution in [2.45, 2.75) is 13.0 Å². The summed E-state index contributed by atoms with van der Waals surface area (Å²) in [7, 11) is 1.82. The molecule has 0 atom stereocenters. The Kier molecular flexibility index (Phi) is 3.06. The number of hydrogen-bond acceptors (Lipinski definition) is 3. The molecule has 0 saturated carbocycles. The van der Waals surface area contributed by atoms with Gasteiger partial charge in [0.05, 0.1) is 17.8 Å². The van der Waals surface area contributed by atoms with E-state index >= 15 is 0 Å². The number of benzene rings is 2. The third-order valence-corrected chi connectivity index (χ3v) is 3.66. The lowest BCUT2D eigenvalue weighted by molar-refractivity contribution is -0.117. The maximum absolute atomic E-state index is 11.7. The molecule has 0 saturated heterocycles. The SMILES string of the molecule is CN1C(=O)Cc2cc(CNc3ccccc3N)ccc21. The van der Waals surface area contributed by atoms with Gasteiger partial charge in [-0.15, -0.1) is 0 Å². The van der Waals surface area contributed by atoms with Crippen LogP contribution < -0.4 is 16.0 Å².